The van der Waals surface area contributed by atoms with Crippen LogP contribution >= 0.6 is 0 Å². The molecule has 0 unspecified atom stereocenters. The molecule has 0 aromatic heterocycles. The molecule has 0 bridgehead atoms. The summed E-state index contributed by atoms with van der Waals surface area (Å²) >= 11 is 0. The van der Waals surface area contributed by atoms with Crippen molar-refractivity contribution in [2.45, 2.75) is 65.2 Å². The van der Waals surface area contributed by atoms with Crippen LogP contribution in [0.4, 0.5) is 0 Å². The molecule has 0 atom stereocenters. The summed E-state index contributed by atoms with van der Waals surface area (Å²) in [5, 5.41) is 9.59. The second kappa shape index (κ2) is 9.46. The molecule has 0 N–H and O–H groups in total. The Balaban J connectivity index is 1.85. The molecule has 4 nitrogen and oxygen atoms in total. The van der Waals surface area contributed by atoms with E-state index in [2.05, 4.69) is 13.0 Å². The molecular formula is C21H29NO3. The molecule has 0 radical (unpaired) electrons. The van der Waals surface area contributed by atoms with Gasteiger partial charge in [0.05, 0.1) is 24.0 Å². The average molecular weight is 343 g/mol. The van der Waals surface area contributed by atoms with E-state index in [1.807, 2.05) is 6.92 Å². The maximum Gasteiger partial charge on any atom is 0.314 e. The highest BCUT2D eigenvalue weighted by Crippen LogP contribution is 2.42. The fourth-order valence-electron chi connectivity index (χ4n) is 3.51. The van der Waals surface area contributed by atoms with Crippen LogP contribution < -0.4 is 9.47 Å². The van der Waals surface area contributed by atoms with Crippen LogP contribution in [0.3, 0.4) is 0 Å². The van der Waals surface area contributed by atoms with Gasteiger partial charge in [0.25, 0.3) is 0 Å². The smallest absolute Gasteiger partial charge is 0.314 e. The highest BCUT2D eigenvalue weighted by atomic mass is 16.5. The van der Waals surface area contributed by atoms with Crippen molar-refractivity contribution in [3.63, 3.8) is 0 Å². The van der Waals surface area contributed by atoms with Gasteiger partial charge in [-0.2, -0.15) is 5.26 Å². The summed E-state index contributed by atoms with van der Waals surface area (Å²) in [6, 6.07) is 9.67. The third-order valence-corrected chi connectivity index (χ3v) is 5.13. The van der Waals surface area contributed by atoms with E-state index in [9.17, 15) is 10.1 Å². The second-order valence-corrected chi connectivity index (χ2v) is 6.95. The fraction of sp³-hybridized carbons (Fsp3) is 0.619. The Morgan fingerprint density at radius 3 is 2.36 bits per heavy atom. The molecule has 1 aromatic rings. The topological polar surface area (TPSA) is 59.3 Å². The highest BCUT2D eigenvalue weighted by molar-refractivity contribution is 5.75. The van der Waals surface area contributed by atoms with Gasteiger partial charge in [-0.1, -0.05) is 26.2 Å². The summed E-state index contributed by atoms with van der Waals surface area (Å²) in [6.07, 6.45) is 7.49. The lowest BCUT2D eigenvalue weighted by Gasteiger charge is -2.34. The quantitative estimate of drug-likeness (QED) is 0.366. The summed E-state index contributed by atoms with van der Waals surface area (Å²) in [5.41, 5.74) is -0.231. The number of benzene rings is 1. The normalized spacial score (nSPS) is 22.8. The molecule has 0 spiro atoms. The molecular weight excluding hydrogens is 314 g/mol. The lowest BCUT2D eigenvalue weighted by molar-refractivity contribution is -0.140. The standard InChI is InChI=1S/C21H29NO3/c1-3-5-6-13-21(16-22)14-11-17(12-15-21)20(23)25-19-9-7-18(8-10-19)24-4-2/h7-10,17H,3-6,11-15H2,1-2H3/t17-,21-. The molecule has 0 amide bonds. The molecule has 1 aromatic carbocycles. The molecule has 0 heterocycles. The number of carbonyl (C=O) groups excluding carboxylic acids is 1. The first kappa shape index (κ1) is 19.3. The molecule has 25 heavy (non-hydrogen) atoms. The molecule has 0 aliphatic heterocycles. The van der Waals surface area contributed by atoms with Gasteiger partial charge in [0.15, 0.2) is 0 Å². The van der Waals surface area contributed by atoms with Gasteiger partial charge >= 0.3 is 5.97 Å². The Bertz CT molecular complexity index is 580. The van der Waals surface area contributed by atoms with E-state index >= 15 is 0 Å². The van der Waals surface area contributed by atoms with Crippen molar-refractivity contribution in [2.75, 3.05) is 6.61 Å². The van der Waals surface area contributed by atoms with Crippen LogP contribution in [0.2, 0.25) is 0 Å². The summed E-state index contributed by atoms with van der Waals surface area (Å²) in [6.45, 7) is 4.72. The van der Waals surface area contributed by atoms with Gasteiger partial charge in [0, 0.05) is 0 Å². The fourth-order valence-corrected chi connectivity index (χ4v) is 3.51. The molecule has 4 heteroatoms. The summed E-state index contributed by atoms with van der Waals surface area (Å²) in [7, 11) is 0. The number of carbonyl (C=O) groups is 1. The van der Waals surface area contributed by atoms with Crippen molar-refractivity contribution < 1.29 is 14.3 Å². The summed E-state index contributed by atoms with van der Waals surface area (Å²) < 4.78 is 10.9. The minimum absolute atomic E-state index is 0.0979. The average Bonchev–Trinajstić information content (AvgIpc) is 2.64. The van der Waals surface area contributed by atoms with Crippen molar-refractivity contribution in [3.8, 4) is 17.6 Å². The van der Waals surface area contributed by atoms with E-state index < -0.39 is 0 Å². The molecule has 1 aliphatic rings. The molecule has 136 valence electrons. The van der Waals surface area contributed by atoms with Gasteiger partial charge in [0.1, 0.15) is 11.5 Å². The van der Waals surface area contributed by atoms with Crippen LogP contribution in [-0.4, -0.2) is 12.6 Å². The second-order valence-electron chi connectivity index (χ2n) is 6.95. The number of hydrogen-bond donors (Lipinski definition) is 0. The van der Waals surface area contributed by atoms with Crippen molar-refractivity contribution in [2.24, 2.45) is 11.3 Å². The van der Waals surface area contributed by atoms with Gasteiger partial charge in [-0.3, -0.25) is 4.79 Å². The SMILES string of the molecule is CCCCC[C@]1(C#N)CC[C@H](C(=O)Oc2ccc(OCC)cc2)CC1. The maximum absolute atomic E-state index is 12.4. The maximum atomic E-state index is 12.4. The zero-order valence-electron chi connectivity index (χ0n) is 15.4. The Hall–Kier alpha value is -2.02. The van der Waals surface area contributed by atoms with Gasteiger partial charge in [-0.25, -0.2) is 0 Å². The highest BCUT2D eigenvalue weighted by Gasteiger charge is 2.37. The Labute approximate surface area is 151 Å². The van der Waals surface area contributed by atoms with Gasteiger partial charge < -0.3 is 9.47 Å². The van der Waals surface area contributed by atoms with Crippen LogP contribution in [0.15, 0.2) is 24.3 Å². The Kier molecular flexibility index (Phi) is 7.31. The predicted octanol–water partition coefficient (Wildman–Crippen LogP) is 5.27. The first-order valence-electron chi connectivity index (χ1n) is 9.48. The first-order valence-corrected chi connectivity index (χ1v) is 9.48. The number of nitriles is 1. The van der Waals surface area contributed by atoms with Crippen LogP contribution in [0.25, 0.3) is 0 Å². The van der Waals surface area contributed by atoms with Crippen LogP contribution in [0, 0.1) is 22.7 Å². The van der Waals surface area contributed by atoms with E-state index in [-0.39, 0.29) is 17.3 Å². The van der Waals surface area contributed by atoms with E-state index in [1.165, 1.54) is 12.8 Å². The molecule has 0 saturated heterocycles. The number of esters is 1. The van der Waals surface area contributed by atoms with Gasteiger partial charge in [-0.05, 0) is 63.3 Å². The minimum Gasteiger partial charge on any atom is -0.494 e. The van der Waals surface area contributed by atoms with Crippen molar-refractivity contribution >= 4 is 5.97 Å². The van der Waals surface area contributed by atoms with Gasteiger partial charge in [-0.15, -0.1) is 0 Å². The summed E-state index contributed by atoms with van der Waals surface area (Å²) in [5.74, 6) is 1.04. The number of nitrogens with zero attached hydrogens (tertiary/aromatic N) is 1. The number of rotatable bonds is 8. The lowest BCUT2D eigenvalue weighted by Crippen LogP contribution is -2.31. The van der Waals surface area contributed by atoms with E-state index in [0.29, 0.717) is 12.4 Å². The monoisotopic (exact) mass is 343 g/mol. The number of ether oxygens (including phenoxy) is 2. The summed E-state index contributed by atoms with van der Waals surface area (Å²) in [4.78, 5) is 12.4. The Morgan fingerprint density at radius 2 is 1.80 bits per heavy atom. The van der Waals surface area contributed by atoms with Crippen molar-refractivity contribution in [3.05, 3.63) is 24.3 Å². The molecule has 1 saturated carbocycles. The molecule has 2 rings (SSSR count). The number of unbranched alkanes of at least 4 members (excludes halogenated alkanes) is 2. The first-order chi connectivity index (χ1) is 12.1. The van der Waals surface area contributed by atoms with E-state index in [4.69, 9.17) is 9.47 Å². The van der Waals surface area contributed by atoms with E-state index in [0.717, 1.165) is 44.3 Å². The van der Waals surface area contributed by atoms with Crippen LogP contribution in [0.1, 0.15) is 65.2 Å². The predicted molar refractivity (Wildman–Crippen MR) is 97.4 cm³/mol. The Morgan fingerprint density at radius 1 is 1.16 bits per heavy atom. The minimum atomic E-state index is -0.231. The number of hydrogen-bond acceptors (Lipinski definition) is 4. The van der Waals surface area contributed by atoms with E-state index in [1.54, 1.807) is 24.3 Å². The lowest BCUT2D eigenvalue weighted by atomic mass is 9.69. The van der Waals surface area contributed by atoms with Crippen molar-refractivity contribution in [1.82, 2.24) is 0 Å². The van der Waals surface area contributed by atoms with Crippen LogP contribution in [0.5, 0.6) is 11.5 Å². The van der Waals surface area contributed by atoms with Crippen LogP contribution in [-0.2, 0) is 4.79 Å². The molecule has 1 fully saturated rings. The zero-order valence-corrected chi connectivity index (χ0v) is 15.4. The zero-order chi connectivity index (χ0) is 18.1. The largest absolute Gasteiger partial charge is 0.494 e. The molecule has 1 aliphatic carbocycles. The third kappa shape index (κ3) is 5.49. The van der Waals surface area contributed by atoms with Crippen molar-refractivity contribution in [1.29, 1.82) is 5.26 Å². The van der Waals surface area contributed by atoms with Gasteiger partial charge in [0.2, 0.25) is 0 Å². The third-order valence-electron chi connectivity index (χ3n) is 5.13.